The van der Waals surface area contributed by atoms with Gasteiger partial charge in [-0.15, -0.1) is 0 Å². The smallest absolute Gasteiger partial charge is 0.434 e. The Kier molecular flexibility index (Phi) is 7.88. The third-order valence-corrected chi connectivity index (χ3v) is 3.97. The molecule has 3 heteroatoms. The van der Waals surface area contributed by atoms with E-state index < -0.39 is 6.16 Å². The lowest BCUT2D eigenvalue weighted by molar-refractivity contribution is 0.0970. The fourth-order valence-corrected chi connectivity index (χ4v) is 2.60. The molecule has 0 amide bonds. The summed E-state index contributed by atoms with van der Waals surface area (Å²) < 4.78 is 10.4. The molecule has 2 aromatic rings. The minimum absolute atomic E-state index is 0.415. The van der Waals surface area contributed by atoms with Crippen LogP contribution >= 0.6 is 0 Å². The minimum atomic E-state index is -0.611. The largest absolute Gasteiger partial charge is 0.513 e. The van der Waals surface area contributed by atoms with Crippen LogP contribution in [0.5, 0.6) is 5.75 Å². The summed E-state index contributed by atoms with van der Waals surface area (Å²) in [6, 6.07) is 18.1. The summed E-state index contributed by atoms with van der Waals surface area (Å²) in [5.74, 6) is 0.591. The predicted molar refractivity (Wildman–Crippen MR) is 96.4 cm³/mol. The Balaban J connectivity index is 1.55. The van der Waals surface area contributed by atoms with Crippen LogP contribution in [0.25, 0.3) is 0 Å². The molecule has 2 rings (SSSR count). The zero-order chi connectivity index (χ0) is 17.0. The summed E-state index contributed by atoms with van der Waals surface area (Å²) >= 11 is 0. The first-order chi connectivity index (χ1) is 11.8. The number of carbonyl (C=O) groups is 1. The number of ether oxygens (including phenoxy) is 2. The van der Waals surface area contributed by atoms with Gasteiger partial charge in [-0.1, -0.05) is 68.3 Å². The van der Waals surface area contributed by atoms with Crippen molar-refractivity contribution >= 4 is 6.16 Å². The second kappa shape index (κ2) is 10.5. The van der Waals surface area contributed by atoms with Crippen molar-refractivity contribution in [3.8, 4) is 5.75 Å². The average Bonchev–Trinajstić information content (AvgIpc) is 2.62. The van der Waals surface area contributed by atoms with Gasteiger partial charge in [0.2, 0.25) is 0 Å². The Labute approximate surface area is 144 Å². The van der Waals surface area contributed by atoms with Crippen LogP contribution in [-0.4, -0.2) is 12.8 Å². The van der Waals surface area contributed by atoms with E-state index >= 15 is 0 Å². The van der Waals surface area contributed by atoms with E-state index in [0.717, 1.165) is 37.7 Å². The van der Waals surface area contributed by atoms with Crippen LogP contribution in [0.3, 0.4) is 0 Å². The first-order valence-corrected chi connectivity index (χ1v) is 8.76. The molecule has 128 valence electrons. The Hall–Kier alpha value is -2.29. The highest BCUT2D eigenvalue weighted by atomic mass is 16.7. The molecule has 0 fully saturated rings. The van der Waals surface area contributed by atoms with E-state index in [0.29, 0.717) is 12.4 Å². The van der Waals surface area contributed by atoms with Gasteiger partial charge in [-0.05, 0) is 42.9 Å². The molecule has 24 heavy (non-hydrogen) atoms. The van der Waals surface area contributed by atoms with E-state index in [9.17, 15) is 4.79 Å². The molecule has 0 aromatic heterocycles. The van der Waals surface area contributed by atoms with Crippen LogP contribution in [0, 0.1) is 0 Å². The number of carbonyl (C=O) groups excluding carboxylic acids is 1. The zero-order valence-electron chi connectivity index (χ0n) is 14.4. The average molecular weight is 326 g/mol. The molecule has 0 saturated heterocycles. The summed E-state index contributed by atoms with van der Waals surface area (Å²) in [7, 11) is 0. The molecule has 3 nitrogen and oxygen atoms in total. The van der Waals surface area contributed by atoms with Gasteiger partial charge < -0.3 is 9.47 Å². The van der Waals surface area contributed by atoms with Crippen LogP contribution in [-0.2, 0) is 17.6 Å². The first-order valence-electron chi connectivity index (χ1n) is 8.76. The van der Waals surface area contributed by atoms with E-state index in [1.807, 2.05) is 31.2 Å². The van der Waals surface area contributed by atoms with Crippen LogP contribution in [0.1, 0.15) is 43.7 Å². The second-order valence-electron chi connectivity index (χ2n) is 5.81. The standard InChI is InChI=1S/C21H26O3/c1-2-19-15-9-10-16-20(19)24-21(22)23-17-11-4-3-6-12-18-13-7-5-8-14-18/h5,7-10,13-16H,2-4,6,11-12,17H2,1H3. The molecule has 0 aliphatic carbocycles. The van der Waals surface area contributed by atoms with E-state index in [-0.39, 0.29) is 0 Å². The van der Waals surface area contributed by atoms with Crippen molar-refractivity contribution in [3.05, 3.63) is 65.7 Å². The van der Waals surface area contributed by atoms with Crippen molar-refractivity contribution in [2.45, 2.75) is 45.4 Å². The summed E-state index contributed by atoms with van der Waals surface area (Å²) in [6.45, 7) is 2.45. The van der Waals surface area contributed by atoms with Gasteiger partial charge in [0.15, 0.2) is 0 Å². The van der Waals surface area contributed by atoms with Crippen molar-refractivity contribution in [1.82, 2.24) is 0 Å². The highest BCUT2D eigenvalue weighted by Crippen LogP contribution is 2.18. The lowest BCUT2D eigenvalue weighted by Crippen LogP contribution is -2.12. The van der Waals surface area contributed by atoms with Gasteiger partial charge in [0.05, 0.1) is 6.61 Å². The van der Waals surface area contributed by atoms with Crippen LogP contribution in [0.2, 0.25) is 0 Å². The monoisotopic (exact) mass is 326 g/mol. The summed E-state index contributed by atoms with van der Waals surface area (Å²) in [6.07, 6.45) is 5.57. The maximum atomic E-state index is 11.7. The fraction of sp³-hybridized carbons (Fsp3) is 0.381. The van der Waals surface area contributed by atoms with Gasteiger partial charge in [-0.25, -0.2) is 4.79 Å². The van der Waals surface area contributed by atoms with Crippen molar-refractivity contribution in [2.24, 2.45) is 0 Å². The Morgan fingerprint density at radius 2 is 1.58 bits per heavy atom. The number of benzene rings is 2. The summed E-state index contributed by atoms with van der Waals surface area (Å²) in [4.78, 5) is 11.7. The van der Waals surface area contributed by atoms with Crippen LogP contribution in [0.4, 0.5) is 4.79 Å². The number of hydrogen-bond acceptors (Lipinski definition) is 3. The minimum Gasteiger partial charge on any atom is -0.434 e. The zero-order valence-corrected chi connectivity index (χ0v) is 14.4. The quantitative estimate of drug-likeness (QED) is 0.343. The van der Waals surface area contributed by atoms with Gasteiger partial charge in [0, 0.05) is 0 Å². The van der Waals surface area contributed by atoms with E-state index in [1.165, 1.54) is 12.0 Å². The van der Waals surface area contributed by atoms with Crippen LogP contribution < -0.4 is 4.74 Å². The van der Waals surface area contributed by atoms with Gasteiger partial charge >= 0.3 is 6.16 Å². The number of rotatable bonds is 9. The molecular formula is C21H26O3. The molecule has 0 N–H and O–H groups in total. The highest BCUT2D eigenvalue weighted by molar-refractivity contribution is 5.64. The number of para-hydroxylation sites is 1. The van der Waals surface area contributed by atoms with E-state index in [1.54, 1.807) is 6.07 Å². The predicted octanol–water partition coefficient (Wildman–Crippen LogP) is 5.57. The molecule has 0 spiro atoms. The molecule has 0 atom stereocenters. The third-order valence-electron chi connectivity index (χ3n) is 3.97. The summed E-state index contributed by atoms with van der Waals surface area (Å²) in [5.41, 5.74) is 2.39. The molecule has 2 aromatic carbocycles. The molecule has 0 aliphatic heterocycles. The Morgan fingerprint density at radius 1 is 0.875 bits per heavy atom. The summed E-state index contributed by atoms with van der Waals surface area (Å²) in [5, 5.41) is 0. The van der Waals surface area contributed by atoms with Gasteiger partial charge in [0.25, 0.3) is 0 Å². The van der Waals surface area contributed by atoms with Crippen LogP contribution in [0.15, 0.2) is 54.6 Å². The number of unbranched alkanes of at least 4 members (excludes halogenated alkanes) is 3. The van der Waals surface area contributed by atoms with E-state index in [2.05, 4.69) is 24.3 Å². The van der Waals surface area contributed by atoms with Gasteiger partial charge in [-0.2, -0.15) is 0 Å². The topological polar surface area (TPSA) is 35.5 Å². The van der Waals surface area contributed by atoms with Gasteiger partial charge in [0.1, 0.15) is 5.75 Å². The second-order valence-corrected chi connectivity index (χ2v) is 5.81. The Bertz CT molecular complexity index is 607. The van der Waals surface area contributed by atoms with Crippen molar-refractivity contribution < 1.29 is 14.3 Å². The van der Waals surface area contributed by atoms with Crippen molar-refractivity contribution in [1.29, 1.82) is 0 Å². The lowest BCUT2D eigenvalue weighted by atomic mass is 10.1. The molecular weight excluding hydrogens is 300 g/mol. The fourth-order valence-electron chi connectivity index (χ4n) is 2.60. The molecule has 0 aliphatic rings. The number of aryl methyl sites for hydroxylation is 2. The van der Waals surface area contributed by atoms with E-state index in [4.69, 9.17) is 9.47 Å². The SMILES string of the molecule is CCc1ccccc1OC(=O)OCCCCCCc1ccccc1. The molecule has 0 saturated carbocycles. The van der Waals surface area contributed by atoms with Crippen molar-refractivity contribution in [2.75, 3.05) is 6.61 Å². The molecule has 0 bridgehead atoms. The number of hydrogen-bond donors (Lipinski definition) is 0. The maximum Gasteiger partial charge on any atom is 0.513 e. The molecule has 0 heterocycles. The third kappa shape index (κ3) is 6.45. The lowest BCUT2D eigenvalue weighted by Gasteiger charge is -2.09. The highest BCUT2D eigenvalue weighted by Gasteiger charge is 2.08. The van der Waals surface area contributed by atoms with Crippen molar-refractivity contribution in [3.63, 3.8) is 0 Å². The maximum absolute atomic E-state index is 11.7. The molecule has 0 radical (unpaired) electrons. The molecule has 0 unspecified atom stereocenters. The normalized spacial score (nSPS) is 10.4. The first kappa shape index (κ1) is 18.1. The Morgan fingerprint density at radius 3 is 2.38 bits per heavy atom. The van der Waals surface area contributed by atoms with Gasteiger partial charge in [-0.3, -0.25) is 0 Å².